The number of benzene rings is 1. The Kier molecular flexibility index (Phi) is 3.60. The number of rotatable bonds is 3. The Balaban J connectivity index is 2.02. The van der Waals surface area contributed by atoms with Crippen molar-refractivity contribution in [2.45, 2.75) is 13.5 Å². The largest absolute Gasteiger partial charge is 0.382 e. The van der Waals surface area contributed by atoms with Crippen LogP contribution in [-0.4, -0.2) is 15.0 Å². The van der Waals surface area contributed by atoms with E-state index in [-0.39, 0.29) is 0 Å². The molecule has 0 unspecified atom stereocenters. The van der Waals surface area contributed by atoms with E-state index in [9.17, 15) is 0 Å². The summed E-state index contributed by atoms with van der Waals surface area (Å²) in [5, 5.41) is 7.53. The van der Waals surface area contributed by atoms with Crippen molar-refractivity contribution >= 4 is 23.0 Å². The van der Waals surface area contributed by atoms with Crippen molar-refractivity contribution in [3.8, 4) is 0 Å². The summed E-state index contributed by atoms with van der Waals surface area (Å²) in [6.45, 7) is 6.70. The molecule has 4 heteroatoms. The summed E-state index contributed by atoms with van der Waals surface area (Å²) in [4.78, 5) is 12.5. The lowest BCUT2D eigenvalue weighted by Crippen LogP contribution is -2.22. The van der Waals surface area contributed by atoms with Crippen LogP contribution in [0.25, 0.3) is 23.0 Å². The third kappa shape index (κ3) is 2.74. The van der Waals surface area contributed by atoms with Crippen LogP contribution in [0.5, 0.6) is 0 Å². The summed E-state index contributed by atoms with van der Waals surface area (Å²) < 4.78 is 0. The summed E-state index contributed by atoms with van der Waals surface area (Å²) in [7, 11) is 0. The first-order valence-corrected chi connectivity index (χ1v) is 6.78. The van der Waals surface area contributed by atoms with Gasteiger partial charge in [0.1, 0.15) is 6.33 Å². The molecule has 2 aromatic heterocycles. The predicted octanol–water partition coefficient (Wildman–Crippen LogP) is 1.35. The molecule has 1 aromatic carbocycles. The van der Waals surface area contributed by atoms with Crippen molar-refractivity contribution in [3.05, 3.63) is 65.3 Å². The Morgan fingerprint density at radius 1 is 1.14 bits per heavy atom. The number of hydrogen-bond acceptors (Lipinski definition) is 4. The number of nitrogens with zero attached hydrogens (tertiary/aromatic N) is 3. The average molecular weight is 276 g/mol. The Morgan fingerprint density at radius 2 is 1.95 bits per heavy atom. The highest BCUT2D eigenvalue weighted by Crippen LogP contribution is 2.04. The summed E-state index contributed by atoms with van der Waals surface area (Å²) in [5.41, 5.74) is 2.02. The molecule has 104 valence electrons. The fourth-order valence-corrected chi connectivity index (χ4v) is 2.29. The van der Waals surface area contributed by atoms with Crippen LogP contribution in [0.3, 0.4) is 0 Å². The molecule has 0 saturated carbocycles. The van der Waals surface area contributed by atoms with Gasteiger partial charge in [0, 0.05) is 28.7 Å². The molecule has 3 rings (SSSR count). The van der Waals surface area contributed by atoms with Gasteiger partial charge >= 0.3 is 0 Å². The number of aromatic nitrogens is 3. The van der Waals surface area contributed by atoms with E-state index in [0.29, 0.717) is 6.54 Å². The maximum atomic E-state index is 4.39. The summed E-state index contributed by atoms with van der Waals surface area (Å²) in [6.07, 6.45) is 5.17. The molecule has 0 fully saturated rings. The van der Waals surface area contributed by atoms with Crippen molar-refractivity contribution < 1.29 is 0 Å². The van der Waals surface area contributed by atoms with Gasteiger partial charge in [-0.3, -0.25) is 4.98 Å². The number of fused-ring (bicyclic) bond motifs is 1. The van der Waals surface area contributed by atoms with E-state index in [4.69, 9.17) is 0 Å². The van der Waals surface area contributed by atoms with E-state index in [0.717, 1.165) is 32.7 Å². The van der Waals surface area contributed by atoms with E-state index in [1.807, 2.05) is 37.4 Å². The lowest BCUT2D eigenvalue weighted by atomic mass is 10.1. The van der Waals surface area contributed by atoms with Gasteiger partial charge in [-0.25, -0.2) is 9.97 Å². The number of hydrogen-bond donors (Lipinski definition) is 1. The van der Waals surface area contributed by atoms with Gasteiger partial charge in [-0.2, -0.15) is 0 Å². The fourth-order valence-electron chi connectivity index (χ4n) is 2.29. The number of pyridine rings is 1. The highest BCUT2D eigenvalue weighted by atomic mass is 14.9. The van der Waals surface area contributed by atoms with Gasteiger partial charge in [0.15, 0.2) is 0 Å². The molecule has 0 atom stereocenters. The first-order chi connectivity index (χ1) is 10.3. The molecule has 0 amide bonds. The van der Waals surface area contributed by atoms with E-state index >= 15 is 0 Å². The second-order valence-corrected chi connectivity index (χ2v) is 4.84. The topological polar surface area (TPSA) is 50.7 Å². The van der Waals surface area contributed by atoms with Gasteiger partial charge < -0.3 is 5.32 Å². The van der Waals surface area contributed by atoms with E-state index in [2.05, 4.69) is 32.9 Å². The average Bonchev–Trinajstić information content (AvgIpc) is 2.54. The molecule has 1 N–H and O–H groups in total. The van der Waals surface area contributed by atoms with Crippen LogP contribution in [0.2, 0.25) is 0 Å². The van der Waals surface area contributed by atoms with Crippen molar-refractivity contribution in [1.29, 1.82) is 0 Å². The smallest absolute Gasteiger partial charge is 0.115 e. The third-order valence-electron chi connectivity index (χ3n) is 3.46. The molecular formula is C17H16N4. The molecule has 0 aliphatic rings. The van der Waals surface area contributed by atoms with Gasteiger partial charge in [0.2, 0.25) is 0 Å². The zero-order valence-corrected chi connectivity index (χ0v) is 11.9. The molecule has 2 heterocycles. The van der Waals surface area contributed by atoms with Gasteiger partial charge in [-0.15, -0.1) is 0 Å². The predicted molar refractivity (Wildman–Crippen MR) is 84.5 cm³/mol. The van der Waals surface area contributed by atoms with Crippen molar-refractivity contribution in [1.82, 2.24) is 20.3 Å². The molecule has 0 spiro atoms. The third-order valence-corrected chi connectivity index (χ3v) is 3.46. The summed E-state index contributed by atoms with van der Waals surface area (Å²) >= 11 is 0. The molecule has 0 saturated heterocycles. The maximum Gasteiger partial charge on any atom is 0.115 e. The van der Waals surface area contributed by atoms with E-state index in [1.54, 1.807) is 12.5 Å². The molecule has 21 heavy (non-hydrogen) atoms. The van der Waals surface area contributed by atoms with Gasteiger partial charge in [0.05, 0.1) is 17.6 Å². The second kappa shape index (κ2) is 5.71. The highest BCUT2D eigenvalue weighted by Gasteiger charge is 2.00. The normalized spacial score (nSPS) is 12.2. The summed E-state index contributed by atoms with van der Waals surface area (Å²) in [6, 6.07) is 10.1. The minimum atomic E-state index is 0.662. The van der Waals surface area contributed by atoms with Crippen LogP contribution >= 0.6 is 0 Å². The van der Waals surface area contributed by atoms with Crippen molar-refractivity contribution in [2.75, 3.05) is 0 Å². The van der Waals surface area contributed by atoms with Crippen molar-refractivity contribution in [3.63, 3.8) is 0 Å². The zero-order chi connectivity index (χ0) is 14.7. The molecule has 3 aromatic rings. The Labute approximate surface area is 122 Å². The second-order valence-electron chi connectivity index (χ2n) is 4.84. The molecule has 4 nitrogen and oxygen atoms in total. The molecule has 0 aliphatic heterocycles. The van der Waals surface area contributed by atoms with Crippen molar-refractivity contribution in [2.24, 2.45) is 0 Å². The Hall–Kier alpha value is -2.75. The van der Waals surface area contributed by atoms with Gasteiger partial charge in [-0.1, -0.05) is 30.8 Å². The monoisotopic (exact) mass is 276 g/mol. The maximum absolute atomic E-state index is 4.39. The molecule has 0 bridgehead atoms. The van der Waals surface area contributed by atoms with E-state index < -0.39 is 0 Å². The van der Waals surface area contributed by atoms with Crippen LogP contribution in [0.4, 0.5) is 0 Å². The quantitative estimate of drug-likeness (QED) is 0.784. The lowest BCUT2D eigenvalue weighted by molar-refractivity contribution is 0.835. The molecular weight excluding hydrogens is 260 g/mol. The lowest BCUT2D eigenvalue weighted by Gasteiger charge is -2.07. The van der Waals surface area contributed by atoms with Gasteiger partial charge in [-0.05, 0) is 18.4 Å². The minimum absolute atomic E-state index is 0.662. The van der Waals surface area contributed by atoms with Crippen LogP contribution in [0.15, 0.2) is 49.1 Å². The molecule has 0 aliphatic carbocycles. The highest BCUT2D eigenvalue weighted by molar-refractivity contribution is 5.83. The Bertz CT molecular complexity index is 872. The fraction of sp³-hybridized carbons (Fsp3) is 0.118. The van der Waals surface area contributed by atoms with Gasteiger partial charge in [0.25, 0.3) is 0 Å². The summed E-state index contributed by atoms with van der Waals surface area (Å²) in [5.74, 6) is 0. The first-order valence-electron chi connectivity index (χ1n) is 6.78. The SMILES string of the molecule is C=c1ncc(=C(C)NCc2ccncn2)c2ccccc12. The zero-order valence-electron chi connectivity index (χ0n) is 11.9. The van der Waals surface area contributed by atoms with Crippen LogP contribution in [0.1, 0.15) is 12.6 Å². The standard InChI is InChI=1S/C17H16N4/c1-12-15-5-3-4-6-16(15)17(10-20-12)13(2)19-9-14-7-8-18-11-21-14/h3-8,10-11,19H,1,9H2,2H3. The molecule has 0 radical (unpaired) electrons. The van der Waals surface area contributed by atoms with Crippen LogP contribution < -0.4 is 15.9 Å². The first kappa shape index (κ1) is 13.2. The Morgan fingerprint density at radius 3 is 2.71 bits per heavy atom. The minimum Gasteiger partial charge on any atom is -0.382 e. The number of nitrogens with one attached hydrogen (secondary N) is 1. The van der Waals surface area contributed by atoms with Crippen LogP contribution in [-0.2, 0) is 6.54 Å². The van der Waals surface area contributed by atoms with Crippen LogP contribution in [0, 0.1) is 0 Å². The van der Waals surface area contributed by atoms with E-state index in [1.165, 1.54) is 0 Å².